The molecule has 4 aliphatic rings. The van der Waals surface area contributed by atoms with E-state index >= 15 is 4.39 Å². The van der Waals surface area contributed by atoms with Crippen molar-refractivity contribution in [2.24, 2.45) is 46.3 Å². The summed E-state index contributed by atoms with van der Waals surface area (Å²) in [7, 11) is 1.69. The summed E-state index contributed by atoms with van der Waals surface area (Å²) in [4.78, 5) is 12.3. The maximum atomic E-state index is 16.6. The maximum absolute atomic E-state index is 16.6. The molecular weight excluding hydrogens is 515 g/mol. The molecule has 4 saturated carbocycles. The van der Waals surface area contributed by atoms with Gasteiger partial charge in [-0.05, 0) is 103 Å². The van der Waals surface area contributed by atoms with Crippen molar-refractivity contribution in [1.82, 2.24) is 5.32 Å². The lowest BCUT2D eigenvalue weighted by atomic mass is 9.43. The van der Waals surface area contributed by atoms with Gasteiger partial charge in [0.25, 0.3) is 10.1 Å². The molecule has 0 aromatic carbocycles. The topological polar surface area (TPSA) is 83.5 Å². The minimum absolute atomic E-state index is 0.0687. The van der Waals surface area contributed by atoms with E-state index in [4.69, 9.17) is 4.55 Å². The zero-order valence-corrected chi connectivity index (χ0v) is 25.7. The molecule has 4 fully saturated rings. The van der Waals surface area contributed by atoms with Gasteiger partial charge in [0.15, 0.2) is 0 Å². The van der Waals surface area contributed by atoms with Crippen LogP contribution in [0.2, 0.25) is 0 Å². The van der Waals surface area contributed by atoms with Crippen LogP contribution in [0.1, 0.15) is 91.9 Å². The smallest absolute Gasteiger partial charge is 0.266 e. The van der Waals surface area contributed by atoms with Crippen LogP contribution in [0.15, 0.2) is 0 Å². The second-order valence-electron chi connectivity index (χ2n) is 13.8. The zero-order chi connectivity index (χ0) is 26.7. The Morgan fingerprint density at radius 2 is 1.72 bits per heavy atom. The van der Waals surface area contributed by atoms with E-state index in [1.54, 1.807) is 0 Å². The Labute approximate surface area is 222 Å². The Morgan fingerprint density at radius 3 is 2.39 bits per heavy atom. The van der Waals surface area contributed by atoms with Crippen molar-refractivity contribution in [2.45, 2.75) is 102 Å². The normalized spacial score (nSPS) is 47.4. The highest BCUT2D eigenvalue weighted by Crippen LogP contribution is 2.72. The van der Waals surface area contributed by atoms with Gasteiger partial charge in [0, 0.05) is 18.9 Å². The van der Waals surface area contributed by atoms with Crippen LogP contribution in [0.4, 0.5) is 4.39 Å². The van der Waals surface area contributed by atoms with E-state index in [-0.39, 0.29) is 34.4 Å². The average molecular weight is 564 g/mol. The summed E-state index contributed by atoms with van der Waals surface area (Å²) in [6, 6.07) is 0. The molecule has 36 heavy (non-hydrogen) atoms. The number of alkyl halides is 1. The number of carbonyl (C=O) groups is 1. The van der Waals surface area contributed by atoms with Gasteiger partial charge in [-0.15, -0.1) is 9.24 Å². The first-order valence-electron chi connectivity index (χ1n) is 14.0. The van der Waals surface area contributed by atoms with Crippen LogP contribution in [-0.4, -0.2) is 41.7 Å². The Hall–Kier alpha value is 0.170. The number of halogens is 1. The molecule has 4 rings (SSSR count). The number of hydrogen-bond acceptors (Lipinski definition) is 3. The second-order valence-corrected chi connectivity index (χ2v) is 17.7. The molecule has 2 N–H and O–H groups in total. The minimum Gasteiger partial charge on any atom is -0.355 e. The van der Waals surface area contributed by atoms with Gasteiger partial charge in [0.05, 0.1) is 5.75 Å². The molecule has 12 unspecified atom stereocenters. The first-order chi connectivity index (χ1) is 16.5. The second kappa shape index (κ2) is 9.97. The van der Waals surface area contributed by atoms with Gasteiger partial charge in [0.2, 0.25) is 5.91 Å². The van der Waals surface area contributed by atoms with E-state index in [1.165, 1.54) is 12.8 Å². The third kappa shape index (κ3) is 5.57. The lowest BCUT2D eigenvalue weighted by Crippen LogP contribution is -2.61. The number of amides is 1. The van der Waals surface area contributed by atoms with Gasteiger partial charge < -0.3 is 5.32 Å². The molecule has 9 heteroatoms. The van der Waals surface area contributed by atoms with Crippen molar-refractivity contribution >= 4 is 34.5 Å². The molecule has 0 aromatic rings. The molecule has 0 spiro atoms. The SMILES string of the molecule is CC(CCC(=O)NCCS(=O)(=O)O)C1CCC2C3C(CCC12C)C1(C)CCC(C)(P)CC1CC3(F)P. The average Bonchev–Trinajstić information content (AvgIpc) is 3.09. The lowest BCUT2D eigenvalue weighted by molar-refractivity contribution is -0.159. The zero-order valence-electron chi connectivity index (χ0n) is 22.6. The van der Waals surface area contributed by atoms with Gasteiger partial charge in [-0.1, -0.05) is 36.9 Å². The first-order valence-corrected chi connectivity index (χ1v) is 16.7. The number of hydrogen-bond donors (Lipinski definition) is 2. The van der Waals surface area contributed by atoms with E-state index in [0.29, 0.717) is 42.4 Å². The van der Waals surface area contributed by atoms with Gasteiger partial charge in [0.1, 0.15) is 5.41 Å². The molecule has 0 heterocycles. The van der Waals surface area contributed by atoms with Crippen molar-refractivity contribution < 1.29 is 22.2 Å². The molecule has 0 saturated heterocycles. The molecule has 0 aromatic heterocycles. The number of fused-ring (bicyclic) bond motifs is 5. The molecular formula is C27H48FNO4P2S. The quantitative estimate of drug-likeness (QED) is 0.301. The highest BCUT2D eigenvalue weighted by atomic mass is 32.2. The Bertz CT molecular complexity index is 959. The van der Waals surface area contributed by atoms with Crippen molar-refractivity contribution in [3.8, 4) is 0 Å². The largest absolute Gasteiger partial charge is 0.355 e. The van der Waals surface area contributed by atoms with Crippen LogP contribution in [0.3, 0.4) is 0 Å². The molecule has 5 nitrogen and oxygen atoms in total. The first kappa shape index (κ1) is 29.2. The summed E-state index contributed by atoms with van der Waals surface area (Å²) in [5.74, 6) is 1.55. The fourth-order valence-corrected chi connectivity index (χ4v) is 11.0. The Balaban J connectivity index is 1.44. The van der Waals surface area contributed by atoms with E-state index in [9.17, 15) is 13.2 Å². The van der Waals surface area contributed by atoms with Crippen LogP contribution in [0.25, 0.3) is 0 Å². The molecule has 0 radical (unpaired) electrons. The minimum atomic E-state index is -4.07. The fraction of sp³-hybridized carbons (Fsp3) is 0.963. The molecule has 208 valence electrons. The third-order valence-corrected chi connectivity index (χ3v) is 13.2. The standard InChI is InChI=1S/C27H48FNO4P2S/c1-17(5-8-22(30)29-13-14-36(31,32)33)19-6-7-20-23-21(9-10-26(19,20)4)25(3)12-11-24(2,34)15-18(25)16-27(23,28)35/h17-21,23H,5-16,34-35H2,1-4H3,(H,29,30)(H,31,32,33). The molecule has 0 aliphatic heterocycles. The third-order valence-electron chi connectivity index (χ3n) is 11.4. The van der Waals surface area contributed by atoms with E-state index in [1.807, 2.05) is 0 Å². The van der Waals surface area contributed by atoms with Crippen LogP contribution in [-0.2, 0) is 14.9 Å². The number of carbonyl (C=O) groups excluding carboxylic acids is 1. The molecule has 12 atom stereocenters. The van der Waals surface area contributed by atoms with Gasteiger partial charge in [-0.2, -0.15) is 8.42 Å². The van der Waals surface area contributed by atoms with Crippen LogP contribution in [0.5, 0.6) is 0 Å². The highest BCUT2D eigenvalue weighted by Gasteiger charge is 2.66. The van der Waals surface area contributed by atoms with Gasteiger partial charge >= 0.3 is 0 Å². The van der Waals surface area contributed by atoms with Crippen molar-refractivity contribution in [2.75, 3.05) is 12.3 Å². The highest BCUT2D eigenvalue weighted by molar-refractivity contribution is 7.85. The molecule has 0 bridgehead atoms. The van der Waals surface area contributed by atoms with Crippen LogP contribution < -0.4 is 5.32 Å². The fourth-order valence-electron chi connectivity index (χ4n) is 9.46. The maximum Gasteiger partial charge on any atom is 0.266 e. The monoisotopic (exact) mass is 563 g/mol. The summed E-state index contributed by atoms with van der Waals surface area (Å²) in [5.41, 5.74) is 0.334. The predicted octanol–water partition coefficient (Wildman–Crippen LogP) is 5.85. The van der Waals surface area contributed by atoms with Crippen LogP contribution >= 0.6 is 18.5 Å². The summed E-state index contributed by atoms with van der Waals surface area (Å²) in [6.45, 7) is 9.37. The van der Waals surface area contributed by atoms with E-state index in [0.717, 1.165) is 38.5 Å². The van der Waals surface area contributed by atoms with Gasteiger partial charge in [-0.25, -0.2) is 4.39 Å². The molecule has 1 amide bonds. The van der Waals surface area contributed by atoms with E-state index in [2.05, 4.69) is 51.5 Å². The van der Waals surface area contributed by atoms with Crippen LogP contribution in [0, 0.1) is 46.3 Å². The summed E-state index contributed by atoms with van der Waals surface area (Å²) >= 11 is 0. The number of rotatable bonds is 7. The lowest BCUT2D eigenvalue weighted by Gasteiger charge is -2.65. The Morgan fingerprint density at radius 1 is 1.06 bits per heavy atom. The van der Waals surface area contributed by atoms with Crippen molar-refractivity contribution in [3.63, 3.8) is 0 Å². The summed E-state index contributed by atoms with van der Waals surface area (Å²) in [5, 5.41) is 1.63. The Kier molecular flexibility index (Phi) is 8.08. The van der Waals surface area contributed by atoms with E-state index < -0.39 is 21.3 Å². The molecule has 4 aliphatic carbocycles. The van der Waals surface area contributed by atoms with Gasteiger partial charge in [-0.3, -0.25) is 9.35 Å². The van der Waals surface area contributed by atoms with Crippen molar-refractivity contribution in [3.05, 3.63) is 0 Å². The van der Waals surface area contributed by atoms with Crippen molar-refractivity contribution in [1.29, 1.82) is 0 Å². The predicted molar refractivity (Wildman–Crippen MR) is 150 cm³/mol. The number of nitrogens with one attached hydrogen (secondary N) is 1. The summed E-state index contributed by atoms with van der Waals surface area (Å²) in [6.07, 6.45) is 9.70. The summed E-state index contributed by atoms with van der Waals surface area (Å²) < 4.78 is 47.2.